The minimum atomic E-state index is -3.70. The van der Waals surface area contributed by atoms with Crippen molar-refractivity contribution in [3.63, 3.8) is 0 Å². The first-order valence-corrected chi connectivity index (χ1v) is 8.63. The Balaban J connectivity index is 2.12. The lowest BCUT2D eigenvalue weighted by molar-refractivity contribution is 0.596. The number of rotatable bonds is 3. The van der Waals surface area contributed by atoms with Crippen LogP contribution in [-0.2, 0) is 16.9 Å². The van der Waals surface area contributed by atoms with Crippen LogP contribution in [0.4, 0.5) is 0 Å². The molecule has 0 fully saturated rings. The van der Waals surface area contributed by atoms with Gasteiger partial charge in [0.15, 0.2) is 0 Å². The third-order valence-corrected chi connectivity index (χ3v) is 5.44. The number of nitrogens with one attached hydrogen (secondary N) is 1. The molecule has 0 saturated heterocycles. The van der Waals surface area contributed by atoms with Crippen LogP contribution < -0.4 is 17.1 Å². The highest BCUT2D eigenvalue weighted by Gasteiger charge is 2.17. The summed E-state index contributed by atoms with van der Waals surface area (Å²) in [5.41, 5.74) is -2.40. The van der Waals surface area contributed by atoms with E-state index in [-0.39, 0.29) is 15.5 Å². The molecule has 25 heavy (non-hydrogen) atoms. The quantitative estimate of drug-likeness (QED) is 0.711. The summed E-state index contributed by atoms with van der Waals surface area (Å²) in [5, 5.41) is 0. The molecule has 9 heteroatoms. The average Bonchev–Trinajstić information content (AvgIpc) is 2.61. The molecule has 128 valence electrons. The van der Waals surface area contributed by atoms with E-state index in [0.717, 1.165) is 9.13 Å². The van der Waals surface area contributed by atoms with Gasteiger partial charge in [-0.25, -0.2) is 31.9 Å². The second-order valence-corrected chi connectivity index (χ2v) is 7.17. The Kier molecular flexibility index (Phi) is 4.01. The maximum Gasteiger partial charge on any atom is 0.340 e. The third-order valence-electron chi connectivity index (χ3n) is 3.66. The summed E-state index contributed by atoms with van der Waals surface area (Å²) in [5.74, 6) is 0. The highest BCUT2D eigenvalue weighted by atomic mass is 32.2. The van der Waals surface area contributed by atoms with Crippen molar-refractivity contribution in [3.8, 4) is 5.69 Å². The molecule has 0 amide bonds. The first-order chi connectivity index (χ1) is 11.8. The molecule has 0 unspecified atom stereocenters. The van der Waals surface area contributed by atoms with Gasteiger partial charge in [-0.1, -0.05) is 18.2 Å². The van der Waals surface area contributed by atoms with Crippen molar-refractivity contribution in [1.82, 2.24) is 14.1 Å². The Labute approximate surface area is 141 Å². The summed E-state index contributed by atoms with van der Waals surface area (Å²) >= 11 is 0. The van der Waals surface area contributed by atoms with Gasteiger partial charge in [0.05, 0.1) is 15.5 Å². The van der Waals surface area contributed by atoms with Crippen LogP contribution in [0.1, 0.15) is 0 Å². The lowest BCUT2D eigenvalue weighted by Gasteiger charge is -2.08. The highest BCUT2D eigenvalue weighted by molar-refractivity contribution is 7.91. The van der Waals surface area contributed by atoms with Gasteiger partial charge >= 0.3 is 17.1 Å². The maximum atomic E-state index is 12.5. The van der Waals surface area contributed by atoms with Crippen molar-refractivity contribution in [2.45, 2.75) is 9.79 Å². The van der Waals surface area contributed by atoms with Gasteiger partial charge < -0.3 is 0 Å². The molecule has 1 aromatic heterocycles. The normalized spacial score (nSPS) is 11.4. The topological polar surface area (TPSA) is 111 Å². The maximum absolute atomic E-state index is 12.5. The van der Waals surface area contributed by atoms with Gasteiger partial charge in [0.25, 0.3) is 0 Å². The Bertz CT molecular complexity index is 1200. The highest BCUT2D eigenvalue weighted by Crippen LogP contribution is 2.21. The molecule has 0 radical (unpaired) electrons. The van der Waals surface area contributed by atoms with Crippen molar-refractivity contribution >= 4 is 9.84 Å². The Hall–Kier alpha value is -3.20. The number of aromatic nitrogens is 3. The van der Waals surface area contributed by atoms with Crippen LogP contribution in [0, 0.1) is 0 Å². The molecule has 0 spiro atoms. The number of aromatic amines is 1. The van der Waals surface area contributed by atoms with Crippen LogP contribution in [0.5, 0.6) is 0 Å². The largest absolute Gasteiger partial charge is 0.340 e. The SMILES string of the molecule is Cn1c(=O)[nH]c(=O)n(-c2ccc(S(=O)(=O)c3ccccc3)cc2)c1=O. The van der Waals surface area contributed by atoms with E-state index in [1.165, 1.54) is 43.4 Å². The number of hydrogen-bond donors (Lipinski definition) is 1. The van der Waals surface area contributed by atoms with Gasteiger partial charge in [-0.15, -0.1) is 0 Å². The fourth-order valence-corrected chi connectivity index (χ4v) is 3.57. The van der Waals surface area contributed by atoms with E-state index in [0.29, 0.717) is 0 Å². The second-order valence-electron chi connectivity index (χ2n) is 5.22. The molecule has 0 aliphatic rings. The van der Waals surface area contributed by atoms with Gasteiger partial charge in [-0.3, -0.25) is 4.98 Å². The van der Waals surface area contributed by atoms with E-state index < -0.39 is 26.9 Å². The Morgan fingerprint density at radius 1 is 0.800 bits per heavy atom. The first-order valence-electron chi connectivity index (χ1n) is 7.15. The van der Waals surface area contributed by atoms with E-state index in [9.17, 15) is 22.8 Å². The fourth-order valence-electron chi connectivity index (χ4n) is 2.29. The lowest BCUT2D eigenvalue weighted by atomic mass is 10.3. The molecule has 3 aromatic rings. The minimum Gasteiger partial charge on any atom is -0.258 e. The van der Waals surface area contributed by atoms with Crippen molar-refractivity contribution in [2.24, 2.45) is 7.05 Å². The van der Waals surface area contributed by atoms with Crippen LogP contribution in [-0.4, -0.2) is 22.5 Å². The Morgan fingerprint density at radius 3 is 1.96 bits per heavy atom. The van der Waals surface area contributed by atoms with E-state index in [1.54, 1.807) is 18.2 Å². The van der Waals surface area contributed by atoms with Crippen molar-refractivity contribution in [1.29, 1.82) is 0 Å². The van der Waals surface area contributed by atoms with E-state index in [4.69, 9.17) is 0 Å². The van der Waals surface area contributed by atoms with Crippen molar-refractivity contribution in [2.75, 3.05) is 0 Å². The van der Waals surface area contributed by atoms with Gasteiger partial charge in [-0.05, 0) is 36.4 Å². The van der Waals surface area contributed by atoms with Gasteiger partial charge in [-0.2, -0.15) is 0 Å². The van der Waals surface area contributed by atoms with Gasteiger partial charge in [0.1, 0.15) is 0 Å². The number of H-pyrrole nitrogens is 1. The van der Waals surface area contributed by atoms with E-state index in [1.807, 2.05) is 4.98 Å². The number of sulfone groups is 1. The summed E-state index contributed by atoms with van der Waals surface area (Å²) in [6.07, 6.45) is 0. The fraction of sp³-hybridized carbons (Fsp3) is 0.0625. The minimum absolute atomic E-state index is 0.0248. The van der Waals surface area contributed by atoms with E-state index in [2.05, 4.69) is 0 Å². The van der Waals surface area contributed by atoms with Crippen molar-refractivity contribution < 1.29 is 8.42 Å². The van der Waals surface area contributed by atoms with Crippen LogP contribution >= 0.6 is 0 Å². The zero-order valence-electron chi connectivity index (χ0n) is 13.0. The zero-order chi connectivity index (χ0) is 18.2. The smallest absolute Gasteiger partial charge is 0.258 e. The summed E-state index contributed by atoms with van der Waals surface area (Å²) in [6, 6.07) is 13.2. The summed E-state index contributed by atoms with van der Waals surface area (Å²) < 4.78 is 26.6. The second kappa shape index (κ2) is 6.02. The number of hydrogen-bond acceptors (Lipinski definition) is 5. The van der Waals surface area contributed by atoms with Gasteiger partial charge in [0, 0.05) is 7.05 Å². The number of benzene rings is 2. The third kappa shape index (κ3) is 2.85. The molecule has 1 N–H and O–H groups in total. The molecular weight excluding hydrogens is 346 g/mol. The predicted molar refractivity (Wildman–Crippen MR) is 89.8 cm³/mol. The molecule has 0 aliphatic carbocycles. The molecule has 0 saturated carbocycles. The van der Waals surface area contributed by atoms with Crippen molar-refractivity contribution in [3.05, 3.63) is 86.1 Å². The van der Waals surface area contributed by atoms with Crippen LogP contribution in [0.3, 0.4) is 0 Å². The molecule has 0 aliphatic heterocycles. The molecule has 0 atom stereocenters. The molecule has 1 heterocycles. The average molecular weight is 359 g/mol. The Morgan fingerprint density at radius 2 is 1.36 bits per heavy atom. The monoisotopic (exact) mass is 359 g/mol. The molecule has 0 bridgehead atoms. The molecular formula is C16H13N3O5S. The van der Waals surface area contributed by atoms with Crippen LogP contribution in [0.25, 0.3) is 5.69 Å². The lowest BCUT2D eigenvalue weighted by Crippen LogP contribution is -2.47. The molecule has 2 aromatic carbocycles. The molecule has 8 nitrogen and oxygen atoms in total. The summed E-state index contributed by atoms with van der Waals surface area (Å²) in [4.78, 5) is 37.6. The first kappa shape index (κ1) is 16.7. The summed E-state index contributed by atoms with van der Waals surface area (Å²) in [7, 11) is -2.47. The van der Waals surface area contributed by atoms with Crippen LogP contribution in [0.15, 0.2) is 78.8 Å². The standard InChI is InChI=1S/C16H13N3O5S/c1-18-14(20)17-15(21)19(16(18)22)11-7-9-13(10-8-11)25(23,24)12-5-3-2-4-6-12/h2-10H,1H3,(H,17,20,21). The van der Waals surface area contributed by atoms with Gasteiger partial charge in [0.2, 0.25) is 9.84 Å². The summed E-state index contributed by atoms with van der Waals surface area (Å²) in [6.45, 7) is 0. The zero-order valence-corrected chi connectivity index (χ0v) is 13.9. The van der Waals surface area contributed by atoms with E-state index >= 15 is 0 Å². The molecule has 3 rings (SSSR count). The number of nitrogens with zero attached hydrogens (tertiary/aromatic N) is 2. The predicted octanol–water partition coefficient (Wildman–Crippen LogP) is 0.0573. The van der Waals surface area contributed by atoms with Crippen LogP contribution in [0.2, 0.25) is 0 Å².